The summed E-state index contributed by atoms with van der Waals surface area (Å²) in [6.07, 6.45) is 1.96. The Morgan fingerprint density at radius 3 is 2.71 bits per heavy atom. The molecule has 2 N–H and O–H groups in total. The van der Waals surface area contributed by atoms with Crippen LogP contribution < -0.4 is 5.32 Å². The molecular formula is C18H15N3O3. The van der Waals surface area contributed by atoms with Gasteiger partial charge in [-0.25, -0.2) is 14.8 Å². The summed E-state index contributed by atoms with van der Waals surface area (Å²) in [5, 5.41) is 13.4. The highest BCUT2D eigenvalue weighted by molar-refractivity contribution is 6.03. The van der Waals surface area contributed by atoms with E-state index in [-0.39, 0.29) is 11.5 Å². The molecule has 0 bridgehead atoms. The molecule has 6 nitrogen and oxygen atoms in total. The van der Waals surface area contributed by atoms with Crippen LogP contribution in [-0.4, -0.2) is 27.0 Å². The van der Waals surface area contributed by atoms with Crippen molar-refractivity contribution < 1.29 is 14.7 Å². The van der Waals surface area contributed by atoms with Gasteiger partial charge in [0.15, 0.2) is 0 Å². The number of anilines is 1. The van der Waals surface area contributed by atoms with Gasteiger partial charge in [-0.3, -0.25) is 4.79 Å². The Morgan fingerprint density at radius 1 is 1.12 bits per heavy atom. The zero-order chi connectivity index (χ0) is 17.1. The van der Waals surface area contributed by atoms with Crippen LogP contribution >= 0.6 is 0 Å². The number of carboxylic acids is 1. The molecule has 0 fully saturated rings. The molecule has 2 aromatic carbocycles. The number of fused-ring (bicyclic) bond motifs is 1. The molecule has 120 valence electrons. The highest BCUT2D eigenvalue weighted by atomic mass is 16.4. The summed E-state index contributed by atoms with van der Waals surface area (Å²) in [6.45, 7) is 1.42. The van der Waals surface area contributed by atoms with E-state index in [9.17, 15) is 14.7 Å². The van der Waals surface area contributed by atoms with Crippen molar-refractivity contribution in [2.45, 2.75) is 13.3 Å². The van der Waals surface area contributed by atoms with E-state index >= 15 is 0 Å². The van der Waals surface area contributed by atoms with Crippen LogP contribution in [0.25, 0.3) is 10.8 Å². The predicted molar refractivity (Wildman–Crippen MR) is 90.0 cm³/mol. The van der Waals surface area contributed by atoms with Gasteiger partial charge in [0.05, 0.1) is 11.3 Å². The van der Waals surface area contributed by atoms with Crippen molar-refractivity contribution in [1.82, 2.24) is 9.97 Å². The highest BCUT2D eigenvalue weighted by Gasteiger charge is 2.09. The molecule has 1 heterocycles. The molecule has 0 saturated heterocycles. The molecule has 6 heteroatoms. The molecule has 0 unspecified atom stereocenters. The fourth-order valence-corrected chi connectivity index (χ4v) is 2.58. The Kier molecular flexibility index (Phi) is 4.20. The summed E-state index contributed by atoms with van der Waals surface area (Å²) in [5.41, 5.74) is 2.05. The maximum atomic E-state index is 11.3. The van der Waals surface area contributed by atoms with E-state index in [4.69, 9.17) is 0 Å². The number of hydrogen-bond donors (Lipinski definition) is 2. The van der Waals surface area contributed by atoms with Crippen molar-refractivity contribution in [2.75, 3.05) is 5.32 Å². The molecule has 1 amide bonds. The van der Waals surface area contributed by atoms with E-state index in [2.05, 4.69) is 15.3 Å². The number of hydrogen-bond acceptors (Lipinski definition) is 4. The average molecular weight is 321 g/mol. The third-order valence-electron chi connectivity index (χ3n) is 3.59. The van der Waals surface area contributed by atoms with Gasteiger partial charge in [-0.2, -0.15) is 0 Å². The van der Waals surface area contributed by atoms with Crippen LogP contribution in [0.5, 0.6) is 0 Å². The number of amides is 1. The average Bonchev–Trinajstić information content (AvgIpc) is 2.53. The first-order valence-electron chi connectivity index (χ1n) is 7.36. The van der Waals surface area contributed by atoms with Gasteiger partial charge in [0.25, 0.3) is 0 Å². The molecular weight excluding hydrogens is 306 g/mol. The first-order valence-corrected chi connectivity index (χ1v) is 7.36. The number of carboxylic acid groups (broad SMARTS) is 1. The second kappa shape index (κ2) is 6.45. The van der Waals surface area contributed by atoms with E-state index in [1.165, 1.54) is 13.3 Å². The van der Waals surface area contributed by atoms with Crippen LogP contribution in [0.4, 0.5) is 5.82 Å². The first-order chi connectivity index (χ1) is 11.5. The summed E-state index contributed by atoms with van der Waals surface area (Å²) in [5.74, 6) is -0.669. The second-order valence-electron chi connectivity index (χ2n) is 5.42. The quantitative estimate of drug-likeness (QED) is 0.771. The Hall–Kier alpha value is -3.28. The summed E-state index contributed by atoms with van der Waals surface area (Å²) in [6, 6.07) is 12.6. The lowest BCUT2D eigenvalue weighted by molar-refractivity contribution is -0.114. The van der Waals surface area contributed by atoms with Crippen molar-refractivity contribution in [3.63, 3.8) is 0 Å². The molecule has 0 spiro atoms. The molecule has 3 rings (SSSR count). The molecule has 0 aliphatic carbocycles. The van der Waals surface area contributed by atoms with Crippen LogP contribution in [0.2, 0.25) is 0 Å². The number of nitrogens with zero attached hydrogens (tertiary/aromatic N) is 2. The molecule has 0 atom stereocenters. The van der Waals surface area contributed by atoms with Crippen molar-refractivity contribution in [1.29, 1.82) is 0 Å². The number of carbonyl (C=O) groups excluding carboxylic acids is 1. The fraction of sp³-hybridized carbons (Fsp3) is 0.111. The maximum Gasteiger partial charge on any atom is 0.336 e. The molecule has 0 aliphatic rings. The summed E-state index contributed by atoms with van der Waals surface area (Å²) in [7, 11) is 0. The summed E-state index contributed by atoms with van der Waals surface area (Å²) >= 11 is 0. The minimum absolute atomic E-state index is 0.188. The van der Waals surface area contributed by atoms with Gasteiger partial charge in [0.2, 0.25) is 5.91 Å². The third-order valence-corrected chi connectivity index (χ3v) is 3.59. The van der Waals surface area contributed by atoms with Crippen molar-refractivity contribution in [3.8, 4) is 0 Å². The standard InChI is InChI=1S/C18H15N3O3/c1-11(22)21-17-9-14(19-10-20-17)8-12-5-6-15-13(7-12)3-2-4-16(15)18(23)24/h2-7,9-10H,8H2,1H3,(H,23,24)(H,19,20,21,22). The Balaban J connectivity index is 1.91. The van der Waals surface area contributed by atoms with Crippen molar-refractivity contribution >= 4 is 28.5 Å². The first kappa shape index (κ1) is 15.6. The second-order valence-corrected chi connectivity index (χ2v) is 5.42. The summed E-state index contributed by atoms with van der Waals surface area (Å²) < 4.78 is 0. The Bertz CT molecular complexity index is 938. The van der Waals surface area contributed by atoms with Gasteiger partial charge < -0.3 is 10.4 Å². The third kappa shape index (κ3) is 3.38. The largest absolute Gasteiger partial charge is 0.478 e. The smallest absolute Gasteiger partial charge is 0.336 e. The van der Waals surface area contributed by atoms with Crippen molar-refractivity contribution in [2.24, 2.45) is 0 Å². The van der Waals surface area contributed by atoms with E-state index in [1.807, 2.05) is 24.3 Å². The van der Waals surface area contributed by atoms with Crippen LogP contribution in [-0.2, 0) is 11.2 Å². The lowest BCUT2D eigenvalue weighted by atomic mass is 10.00. The minimum Gasteiger partial charge on any atom is -0.478 e. The van der Waals surface area contributed by atoms with Crippen LogP contribution in [0.15, 0.2) is 48.8 Å². The molecule has 24 heavy (non-hydrogen) atoms. The van der Waals surface area contributed by atoms with Gasteiger partial charge in [0.1, 0.15) is 12.1 Å². The van der Waals surface area contributed by atoms with E-state index in [0.29, 0.717) is 17.6 Å². The molecule has 0 radical (unpaired) electrons. The number of benzene rings is 2. The van der Waals surface area contributed by atoms with Gasteiger partial charge >= 0.3 is 5.97 Å². The fourth-order valence-electron chi connectivity index (χ4n) is 2.58. The molecule has 0 saturated carbocycles. The van der Waals surface area contributed by atoms with Gasteiger partial charge in [-0.15, -0.1) is 0 Å². The van der Waals surface area contributed by atoms with Crippen LogP contribution in [0.3, 0.4) is 0 Å². The summed E-state index contributed by atoms with van der Waals surface area (Å²) in [4.78, 5) is 30.6. The number of rotatable bonds is 4. The SMILES string of the molecule is CC(=O)Nc1cc(Cc2ccc3c(C(=O)O)cccc3c2)ncn1. The van der Waals surface area contributed by atoms with Gasteiger partial charge in [-0.05, 0) is 22.4 Å². The topological polar surface area (TPSA) is 92.2 Å². The zero-order valence-electron chi connectivity index (χ0n) is 13.0. The Morgan fingerprint density at radius 2 is 1.96 bits per heavy atom. The molecule has 1 aromatic heterocycles. The lowest BCUT2D eigenvalue weighted by Crippen LogP contribution is -2.08. The molecule has 0 aliphatic heterocycles. The van der Waals surface area contributed by atoms with Crippen LogP contribution in [0.1, 0.15) is 28.5 Å². The zero-order valence-corrected chi connectivity index (χ0v) is 13.0. The lowest BCUT2D eigenvalue weighted by Gasteiger charge is -2.07. The van der Waals surface area contributed by atoms with Gasteiger partial charge in [0, 0.05) is 19.4 Å². The van der Waals surface area contributed by atoms with Gasteiger partial charge in [-0.1, -0.05) is 30.3 Å². The maximum absolute atomic E-state index is 11.3. The van der Waals surface area contributed by atoms with E-state index in [0.717, 1.165) is 16.6 Å². The van der Waals surface area contributed by atoms with Crippen molar-refractivity contribution in [3.05, 3.63) is 65.6 Å². The van der Waals surface area contributed by atoms with E-state index < -0.39 is 5.97 Å². The number of nitrogens with one attached hydrogen (secondary N) is 1. The number of aromatic carboxylic acids is 1. The minimum atomic E-state index is -0.941. The molecule has 3 aromatic rings. The number of carbonyl (C=O) groups is 2. The van der Waals surface area contributed by atoms with Crippen LogP contribution in [0, 0.1) is 0 Å². The number of aromatic nitrogens is 2. The Labute approximate surface area is 138 Å². The highest BCUT2D eigenvalue weighted by Crippen LogP contribution is 2.22. The predicted octanol–water partition coefficient (Wildman–Crippen LogP) is 2.88. The monoisotopic (exact) mass is 321 g/mol. The normalized spacial score (nSPS) is 10.5. The van der Waals surface area contributed by atoms with E-state index in [1.54, 1.807) is 18.2 Å².